The molecule has 0 unspecified atom stereocenters. The molecule has 0 fully saturated rings. The van der Waals surface area contributed by atoms with Gasteiger partial charge in [-0.05, 0) is 23.9 Å². The van der Waals surface area contributed by atoms with Crippen molar-refractivity contribution in [2.75, 3.05) is 0 Å². The smallest absolute Gasteiger partial charge is 0.200 e. The van der Waals surface area contributed by atoms with E-state index in [0.717, 1.165) is 5.03 Å². The standard InChI is InChI=1S/C10H13NOS/c1-10(2,3)9(12)13-8-6-4-5-7-11-8/h4-7H,1-3H3. The molecule has 3 heteroatoms. The van der Waals surface area contributed by atoms with Gasteiger partial charge >= 0.3 is 0 Å². The summed E-state index contributed by atoms with van der Waals surface area (Å²) < 4.78 is 0. The van der Waals surface area contributed by atoms with E-state index in [-0.39, 0.29) is 10.5 Å². The van der Waals surface area contributed by atoms with Crippen LogP contribution in [0.5, 0.6) is 0 Å². The van der Waals surface area contributed by atoms with E-state index in [9.17, 15) is 4.79 Å². The lowest BCUT2D eigenvalue weighted by atomic mass is 10.00. The van der Waals surface area contributed by atoms with Gasteiger partial charge < -0.3 is 0 Å². The molecule has 13 heavy (non-hydrogen) atoms. The summed E-state index contributed by atoms with van der Waals surface area (Å²) >= 11 is 1.20. The molecular formula is C10H13NOS. The maximum Gasteiger partial charge on any atom is 0.200 e. The first-order valence-electron chi connectivity index (χ1n) is 4.13. The zero-order valence-electron chi connectivity index (χ0n) is 8.07. The zero-order chi connectivity index (χ0) is 9.90. The van der Waals surface area contributed by atoms with Crippen LogP contribution < -0.4 is 0 Å². The van der Waals surface area contributed by atoms with Crippen LogP contribution in [0.1, 0.15) is 20.8 Å². The first-order valence-corrected chi connectivity index (χ1v) is 4.95. The number of carbonyl (C=O) groups excluding carboxylic acids is 1. The molecule has 0 bridgehead atoms. The fourth-order valence-electron chi connectivity index (χ4n) is 0.656. The summed E-state index contributed by atoms with van der Waals surface area (Å²) in [7, 11) is 0. The number of hydrogen-bond acceptors (Lipinski definition) is 3. The molecular weight excluding hydrogens is 182 g/mol. The van der Waals surface area contributed by atoms with Gasteiger partial charge in [-0.25, -0.2) is 4.98 Å². The number of rotatable bonds is 1. The molecule has 0 aromatic carbocycles. The molecule has 0 saturated heterocycles. The van der Waals surface area contributed by atoms with Crippen molar-refractivity contribution in [2.24, 2.45) is 5.41 Å². The van der Waals surface area contributed by atoms with Gasteiger partial charge in [-0.3, -0.25) is 4.79 Å². The van der Waals surface area contributed by atoms with Gasteiger partial charge in [0.25, 0.3) is 0 Å². The molecule has 0 saturated carbocycles. The molecule has 0 aliphatic carbocycles. The van der Waals surface area contributed by atoms with Gasteiger partial charge in [0.1, 0.15) is 5.03 Å². The number of hydrogen-bond donors (Lipinski definition) is 0. The van der Waals surface area contributed by atoms with Crippen LogP contribution in [0.3, 0.4) is 0 Å². The van der Waals surface area contributed by atoms with Crippen LogP contribution in [0.2, 0.25) is 0 Å². The predicted molar refractivity (Wildman–Crippen MR) is 54.6 cm³/mol. The van der Waals surface area contributed by atoms with Gasteiger partial charge in [-0.15, -0.1) is 0 Å². The Bertz CT molecular complexity index is 290. The van der Waals surface area contributed by atoms with Crippen LogP contribution >= 0.6 is 11.8 Å². The number of thioether (sulfide) groups is 1. The Morgan fingerprint density at radius 1 is 1.38 bits per heavy atom. The number of pyridine rings is 1. The Balaban J connectivity index is 2.66. The molecule has 0 spiro atoms. The minimum Gasteiger partial charge on any atom is -0.286 e. The summed E-state index contributed by atoms with van der Waals surface area (Å²) in [6, 6.07) is 5.56. The zero-order valence-corrected chi connectivity index (χ0v) is 8.89. The Kier molecular flexibility index (Phi) is 3.09. The van der Waals surface area contributed by atoms with Crippen molar-refractivity contribution in [3.05, 3.63) is 24.4 Å². The third kappa shape index (κ3) is 3.19. The van der Waals surface area contributed by atoms with Gasteiger partial charge in [0.2, 0.25) is 0 Å². The minimum absolute atomic E-state index is 0.145. The maximum atomic E-state index is 11.6. The van der Waals surface area contributed by atoms with Crippen LogP contribution in [-0.2, 0) is 4.79 Å². The summed E-state index contributed by atoms with van der Waals surface area (Å²) in [5, 5.41) is 0.911. The summed E-state index contributed by atoms with van der Waals surface area (Å²) in [6.07, 6.45) is 1.69. The quantitative estimate of drug-likeness (QED) is 0.645. The van der Waals surface area contributed by atoms with E-state index in [2.05, 4.69) is 4.98 Å². The van der Waals surface area contributed by atoms with Crippen LogP contribution in [0, 0.1) is 5.41 Å². The third-order valence-electron chi connectivity index (χ3n) is 1.45. The highest BCUT2D eigenvalue weighted by molar-refractivity contribution is 8.13. The van der Waals surface area contributed by atoms with E-state index in [0.29, 0.717) is 0 Å². The Hall–Kier alpha value is -0.830. The fourth-order valence-corrected chi connectivity index (χ4v) is 1.41. The summed E-state index contributed by atoms with van der Waals surface area (Å²) in [5.41, 5.74) is -0.303. The highest BCUT2D eigenvalue weighted by atomic mass is 32.2. The molecule has 1 aromatic rings. The average molecular weight is 195 g/mol. The molecule has 0 aliphatic heterocycles. The summed E-state index contributed by atoms with van der Waals surface area (Å²) in [6.45, 7) is 5.72. The molecule has 2 nitrogen and oxygen atoms in total. The molecule has 70 valence electrons. The van der Waals surface area contributed by atoms with E-state index in [4.69, 9.17) is 0 Å². The van der Waals surface area contributed by atoms with Crippen molar-refractivity contribution >= 4 is 16.9 Å². The average Bonchev–Trinajstić information content (AvgIpc) is 2.04. The monoisotopic (exact) mass is 195 g/mol. The van der Waals surface area contributed by atoms with Crippen molar-refractivity contribution < 1.29 is 4.79 Å². The van der Waals surface area contributed by atoms with Crippen molar-refractivity contribution in [2.45, 2.75) is 25.8 Å². The number of carbonyl (C=O) groups is 1. The number of nitrogens with zero attached hydrogens (tertiary/aromatic N) is 1. The second-order valence-corrected chi connectivity index (χ2v) is 4.80. The van der Waals surface area contributed by atoms with Crippen molar-refractivity contribution in [3.63, 3.8) is 0 Å². The van der Waals surface area contributed by atoms with E-state index >= 15 is 0 Å². The first-order chi connectivity index (χ1) is 6.00. The summed E-state index contributed by atoms with van der Waals surface area (Å²) in [5.74, 6) is 0. The second kappa shape index (κ2) is 3.92. The van der Waals surface area contributed by atoms with Gasteiger partial charge in [0.05, 0.1) is 0 Å². The normalized spacial score (nSPS) is 11.3. The Labute approximate surface area is 82.8 Å². The molecule has 0 amide bonds. The van der Waals surface area contributed by atoms with Gasteiger partial charge in [-0.1, -0.05) is 26.8 Å². The second-order valence-electron chi connectivity index (χ2n) is 3.81. The van der Waals surface area contributed by atoms with E-state index in [1.54, 1.807) is 6.20 Å². The van der Waals surface area contributed by atoms with Crippen LogP contribution in [-0.4, -0.2) is 10.1 Å². The first kappa shape index (κ1) is 10.3. The highest BCUT2D eigenvalue weighted by Crippen LogP contribution is 2.27. The van der Waals surface area contributed by atoms with Gasteiger partial charge in [0.15, 0.2) is 5.12 Å². The Morgan fingerprint density at radius 2 is 2.08 bits per heavy atom. The lowest BCUT2D eigenvalue weighted by Gasteiger charge is -2.14. The third-order valence-corrected chi connectivity index (χ3v) is 2.70. The molecule has 1 rings (SSSR count). The summed E-state index contributed by atoms with van der Waals surface area (Å²) in [4.78, 5) is 15.6. The lowest BCUT2D eigenvalue weighted by Crippen LogP contribution is -2.16. The predicted octanol–water partition coefficient (Wildman–Crippen LogP) is 2.75. The number of aromatic nitrogens is 1. The SMILES string of the molecule is CC(C)(C)C(=O)Sc1ccccn1. The van der Waals surface area contributed by atoms with Crippen LogP contribution in [0.4, 0.5) is 0 Å². The Morgan fingerprint density at radius 3 is 2.54 bits per heavy atom. The van der Waals surface area contributed by atoms with Crippen LogP contribution in [0.15, 0.2) is 29.4 Å². The van der Waals surface area contributed by atoms with Crippen molar-refractivity contribution in [1.29, 1.82) is 0 Å². The lowest BCUT2D eigenvalue weighted by molar-refractivity contribution is -0.117. The van der Waals surface area contributed by atoms with E-state index in [1.807, 2.05) is 39.0 Å². The van der Waals surface area contributed by atoms with E-state index < -0.39 is 0 Å². The molecule has 0 N–H and O–H groups in total. The van der Waals surface area contributed by atoms with Crippen molar-refractivity contribution in [1.82, 2.24) is 4.98 Å². The highest BCUT2D eigenvalue weighted by Gasteiger charge is 2.22. The fraction of sp³-hybridized carbons (Fsp3) is 0.400. The molecule has 0 radical (unpaired) electrons. The van der Waals surface area contributed by atoms with E-state index in [1.165, 1.54) is 11.8 Å². The van der Waals surface area contributed by atoms with Crippen molar-refractivity contribution in [3.8, 4) is 0 Å². The molecule has 0 atom stereocenters. The van der Waals surface area contributed by atoms with Gasteiger partial charge in [0, 0.05) is 11.6 Å². The van der Waals surface area contributed by atoms with Crippen LogP contribution in [0.25, 0.3) is 0 Å². The maximum absolute atomic E-state index is 11.6. The largest absolute Gasteiger partial charge is 0.286 e. The molecule has 1 aromatic heterocycles. The molecule has 0 aliphatic rings. The topological polar surface area (TPSA) is 30.0 Å². The molecule has 1 heterocycles. The van der Waals surface area contributed by atoms with Gasteiger partial charge in [-0.2, -0.15) is 0 Å². The minimum atomic E-state index is -0.303.